The van der Waals surface area contributed by atoms with Crippen molar-refractivity contribution >= 4 is 17.5 Å². The minimum Gasteiger partial charge on any atom is -0.396 e. The lowest BCUT2D eigenvalue weighted by molar-refractivity contribution is -0.00342. The van der Waals surface area contributed by atoms with Crippen LogP contribution in [0.1, 0.15) is 12.7 Å². The first kappa shape index (κ1) is 20.6. The maximum atomic E-state index is 15.1. The van der Waals surface area contributed by atoms with E-state index in [4.69, 9.17) is 5.73 Å². The molecule has 0 aliphatic carbocycles. The summed E-state index contributed by atoms with van der Waals surface area (Å²) in [6.07, 6.45) is 2.93. The van der Waals surface area contributed by atoms with E-state index in [0.29, 0.717) is 0 Å². The van der Waals surface area contributed by atoms with E-state index >= 15 is 4.39 Å². The average Bonchev–Trinajstić information content (AvgIpc) is 2.69. The minimum absolute atomic E-state index is 0.0316. The van der Waals surface area contributed by atoms with Gasteiger partial charge in [0.05, 0.1) is 11.4 Å². The van der Waals surface area contributed by atoms with Crippen molar-refractivity contribution in [2.24, 2.45) is 5.92 Å². The summed E-state index contributed by atoms with van der Waals surface area (Å²) in [4.78, 5) is 26.1. The van der Waals surface area contributed by atoms with E-state index in [9.17, 15) is 13.6 Å². The van der Waals surface area contributed by atoms with E-state index in [1.165, 1.54) is 42.4 Å². The highest BCUT2D eigenvalue weighted by Crippen LogP contribution is 2.37. The molecule has 3 heterocycles. The van der Waals surface area contributed by atoms with Crippen molar-refractivity contribution in [3.05, 3.63) is 66.3 Å². The van der Waals surface area contributed by atoms with Crippen LogP contribution in [0.15, 0.2) is 48.8 Å². The summed E-state index contributed by atoms with van der Waals surface area (Å²) in [7, 11) is 0. The molecule has 2 aromatic heterocycles. The van der Waals surface area contributed by atoms with Gasteiger partial charge in [0.2, 0.25) is 0 Å². The Bertz CT molecular complexity index is 1120. The Hall–Kier alpha value is -3.69. The molecule has 1 unspecified atom stereocenters. The predicted octanol–water partition coefficient (Wildman–Crippen LogP) is 3.75. The zero-order chi connectivity index (χ0) is 22.2. The highest BCUT2D eigenvalue weighted by atomic mass is 19.1. The van der Waals surface area contributed by atoms with Crippen molar-refractivity contribution in [2.45, 2.75) is 12.6 Å². The molecule has 1 saturated heterocycles. The molecule has 4 rings (SSSR count). The summed E-state index contributed by atoms with van der Waals surface area (Å²) in [6.45, 7) is 1.70. The molecule has 1 fully saturated rings. The Labute approximate surface area is 176 Å². The fraction of sp³-hybridized carbons (Fsp3) is 0.238. The maximum absolute atomic E-state index is 15.1. The molecule has 1 aliphatic rings. The van der Waals surface area contributed by atoms with Crippen LogP contribution in [0.25, 0.3) is 11.3 Å². The predicted molar refractivity (Wildman–Crippen MR) is 109 cm³/mol. The molecule has 0 spiro atoms. The van der Waals surface area contributed by atoms with Gasteiger partial charge in [-0.05, 0) is 37.3 Å². The Balaban J connectivity index is 1.45. The number of pyridine rings is 1. The van der Waals surface area contributed by atoms with E-state index in [1.54, 1.807) is 6.07 Å². The van der Waals surface area contributed by atoms with E-state index < -0.39 is 29.3 Å². The minimum atomic E-state index is -1.78. The molecule has 160 valence electrons. The van der Waals surface area contributed by atoms with Crippen LogP contribution in [0.2, 0.25) is 0 Å². The first-order valence-electron chi connectivity index (χ1n) is 9.50. The second-order valence-corrected chi connectivity index (χ2v) is 7.44. The van der Waals surface area contributed by atoms with Gasteiger partial charge in [0.15, 0.2) is 17.3 Å². The van der Waals surface area contributed by atoms with Crippen LogP contribution in [-0.4, -0.2) is 39.0 Å². The summed E-state index contributed by atoms with van der Waals surface area (Å²) in [5.41, 5.74) is 4.52. The molecule has 31 heavy (non-hydrogen) atoms. The number of nitrogens with zero attached hydrogens (tertiary/aromatic N) is 4. The third kappa shape index (κ3) is 4.00. The Morgan fingerprint density at radius 1 is 1.19 bits per heavy atom. The standard InChI is InChI=1S/C21H19F3N6O/c1-21(24,19-26-7-2-8-27-19)12-10-30(11-12)20(31)29-18-16(25)5-6-17(28-18)14-4-3-13(22)9-15(14)23/h2-9,12H,10-11,25H2,1H3,(H,28,29,31). The van der Waals surface area contributed by atoms with Crippen molar-refractivity contribution < 1.29 is 18.0 Å². The number of nitrogens with two attached hydrogens (primary N) is 1. The molecular formula is C21H19F3N6O. The van der Waals surface area contributed by atoms with Crippen molar-refractivity contribution in [1.82, 2.24) is 19.9 Å². The number of hydrogen-bond donors (Lipinski definition) is 2. The van der Waals surface area contributed by atoms with Crippen molar-refractivity contribution in [2.75, 3.05) is 24.1 Å². The van der Waals surface area contributed by atoms with Gasteiger partial charge in [-0.1, -0.05) is 0 Å². The molecule has 0 bridgehead atoms. The van der Waals surface area contributed by atoms with E-state index in [1.807, 2.05) is 0 Å². The number of nitrogen functional groups attached to an aromatic ring is 1. The van der Waals surface area contributed by atoms with Gasteiger partial charge in [0, 0.05) is 43.0 Å². The zero-order valence-electron chi connectivity index (χ0n) is 16.5. The number of nitrogens with one attached hydrogen (secondary N) is 1. The number of amides is 2. The van der Waals surface area contributed by atoms with Crippen molar-refractivity contribution in [1.29, 1.82) is 0 Å². The third-order valence-corrected chi connectivity index (χ3v) is 5.30. The van der Waals surface area contributed by atoms with E-state index in [0.717, 1.165) is 12.1 Å². The van der Waals surface area contributed by atoms with Gasteiger partial charge in [0.25, 0.3) is 0 Å². The first-order chi connectivity index (χ1) is 14.8. The van der Waals surface area contributed by atoms with Gasteiger partial charge in [0.1, 0.15) is 11.6 Å². The lowest BCUT2D eigenvalue weighted by Gasteiger charge is -2.44. The highest BCUT2D eigenvalue weighted by Gasteiger charge is 2.47. The van der Waals surface area contributed by atoms with Crippen LogP contribution in [0.5, 0.6) is 0 Å². The van der Waals surface area contributed by atoms with Gasteiger partial charge < -0.3 is 10.6 Å². The SMILES string of the molecule is CC(F)(c1ncccn1)C1CN(C(=O)Nc2nc(-c3ccc(F)cc3F)ccc2N)C1. The van der Waals surface area contributed by atoms with Crippen LogP contribution in [0, 0.1) is 17.6 Å². The van der Waals surface area contributed by atoms with Gasteiger partial charge >= 0.3 is 6.03 Å². The number of rotatable bonds is 4. The third-order valence-electron chi connectivity index (χ3n) is 5.30. The number of halogens is 3. The summed E-state index contributed by atoms with van der Waals surface area (Å²) in [5, 5.41) is 2.57. The van der Waals surface area contributed by atoms with Gasteiger partial charge in [-0.25, -0.2) is 32.9 Å². The second-order valence-electron chi connectivity index (χ2n) is 7.44. The Morgan fingerprint density at radius 2 is 1.90 bits per heavy atom. The van der Waals surface area contributed by atoms with Crippen LogP contribution in [0.3, 0.4) is 0 Å². The normalized spacial score (nSPS) is 15.8. The van der Waals surface area contributed by atoms with Crippen LogP contribution < -0.4 is 11.1 Å². The highest BCUT2D eigenvalue weighted by molar-refractivity contribution is 5.92. The van der Waals surface area contributed by atoms with Gasteiger partial charge in [-0.15, -0.1) is 0 Å². The molecule has 3 aromatic rings. The number of urea groups is 1. The molecule has 7 nitrogen and oxygen atoms in total. The van der Waals surface area contributed by atoms with Crippen LogP contribution in [0.4, 0.5) is 29.5 Å². The molecule has 0 saturated carbocycles. The topological polar surface area (TPSA) is 97.0 Å². The number of carbonyl (C=O) groups excluding carboxylic acids is 1. The molecule has 3 N–H and O–H groups in total. The van der Waals surface area contributed by atoms with Crippen molar-refractivity contribution in [3.63, 3.8) is 0 Å². The van der Waals surface area contributed by atoms with E-state index in [2.05, 4.69) is 20.3 Å². The number of anilines is 2. The molecular weight excluding hydrogens is 409 g/mol. The number of benzene rings is 1. The second kappa shape index (κ2) is 7.86. The monoisotopic (exact) mass is 428 g/mol. The molecule has 1 aromatic carbocycles. The Kier molecular flexibility index (Phi) is 5.22. The van der Waals surface area contributed by atoms with Gasteiger partial charge in [-0.2, -0.15) is 0 Å². The first-order valence-corrected chi connectivity index (χ1v) is 9.50. The Morgan fingerprint density at radius 3 is 2.58 bits per heavy atom. The molecule has 0 radical (unpaired) electrons. The number of likely N-dealkylation sites (tertiary alicyclic amines) is 1. The smallest absolute Gasteiger partial charge is 0.323 e. The summed E-state index contributed by atoms with van der Waals surface area (Å²) in [5.74, 6) is -1.86. The van der Waals surface area contributed by atoms with E-state index in [-0.39, 0.29) is 41.7 Å². The van der Waals surface area contributed by atoms with Crippen molar-refractivity contribution in [3.8, 4) is 11.3 Å². The lowest BCUT2D eigenvalue weighted by Crippen LogP contribution is -2.57. The molecule has 1 atom stereocenters. The maximum Gasteiger partial charge on any atom is 0.323 e. The fourth-order valence-corrected chi connectivity index (χ4v) is 3.32. The molecule has 2 amide bonds. The zero-order valence-corrected chi connectivity index (χ0v) is 16.5. The molecule has 10 heteroatoms. The largest absolute Gasteiger partial charge is 0.396 e. The average molecular weight is 428 g/mol. The quantitative estimate of drug-likeness (QED) is 0.660. The fourth-order valence-electron chi connectivity index (χ4n) is 3.32. The van der Waals surface area contributed by atoms with Crippen LogP contribution >= 0.6 is 0 Å². The number of aromatic nitrogens is 3. The summed E-state index contributed by atoms with van der Waals surface area (Å²) < 4.78 is 42.3. The number of carbonyl (C=O) groups is 1. The van der Waals surface area contributed by atoms with Crippen LogP contribution in [-0.2, 0) is 5.67 Å². The number of alkyl halides is 1. The summed E-state index contributed by atoms with van der Waals surface area (Å²) in [6, 6.07) is 7.12. The number of hydrogen-bond acceptors (Lipinski definition) is 5. The molecule has 1 aliphatic heterocycles. The van der Waals surface area contributed by atoms with Gasteiger partial charge in [-0.3, -0.25) is 5.32 Å². The lowest BCUT2D eigenvalue weighted by atomic mass is 9.84. The summed E-state index contributed by atoms with van der Waals surface area (Å²) >= 11 is 0.